The SMILES string of the molecule is CCCCCCCCCCCCCCCOC(=O)C(F)(F)C(F)(F)C(F)(F)C(F)(F)C(F)(F)C(F)(F)C(F)(F)F. The monoisotopic (exact) mass is 624 g/mol. The van der Waals surface area contributed by atoms with Gasteiger partial charge in [0.15, 0.2) is 0 Å². The molecule has 40 heavy (non-hydrogen) atoms. The zero-order valence-electron chi connectivity index (χ0n) is 21.4. The van der Waals surface area contributed by atoms with Gasteiger partial charge in [-0.25, -0.2) is 4.79 Å². The quantitative estimate of drug-likeness (QED) is 0.0766. The van der Waals surface area contributed by atoms with Gasteiger partial charge in [-0.05, 0) is 6.42 Å². The first-order valence-corrected chi connectivity index (χ1v) is 12.5. The summed E-state index contributed by atoms with van der Waals surface area (Å²) in [6.07, 6.45) is 2.72. The lowest BCUT2D eigenvalue weighted by atomic mass is 9.91. The second kappa shape index (κ2) is 14.5. The van der Waals surface area contributed by atoms with Crippen molar-refractivity contribution in [2.75, 3.05) is 6.61 Å². The van der Waals surface area contributed by atoms with Crippen LogP contribution < -0.4 is 0 Å². The van der Waals surface area contributed by atoms with E-state index in [0.29, 0.717) is 12.8 Å². The molecule has 0 aliphatic carbocycles. The number of carbonyl (C=O) groups is 1. The average molecular weight is 624 g/mol. The van der Waals surface area contributed by atoms with E-state index in [9.17, 15) is 70.7 Å². The summed E-state index contributed by atoms with van der Waals surface area (Å²) in [5.41, 5.74) is 0. The van der Waals surface area contributed by atoms with Gasteiger partial charge in [-0.1, -0.05) is 84.0 Å². The van der Waals surface area contributed by atoms with Gasteiger partial charge < -0.3 is 4.74 Å². The van der Waals surface area contributed by atoms with Crippen LogP contribution in [0.1, 0.15) is 90.4 Å². The van der Waals surface area contributed by atoms with Gasteiger partial charge in [-0.15, -0.1) is 0 Å². The highest BCUT2D eigenvalue weighted by Gasteiger charge is 2.94. The van der Waals surface area contributed by atoms with Crippen LogP contribution in [0.4, 0.5) is 65.9 Å². The van der Waals surface area contributed by atoms with Crippen molar-refractivity contribution in [3.05, 3.63) is 0 Å². The summed E-state index contributed by atoms with van der Waals surface area (Å²) in [6, 6.07) is 0. The van der Waals surface area contributed by atoms with Crippen LogP contribution in [0.2, 0.25) is 0 Å². The molecule has 0 aromatic carbocycles. The van der Waals surface area contributed by atoms with Gasteiger partial charge in [0.25, 0.3) is 0 Å². The standard InChI is InChI=1S/C23H31F15O2/c1-2-3-4-5-6-7-8-9-10-11-12-13-14-15-40-16(39)17(24,25)18(26,27)19(28,29)20(30,31)21(32,33)22(34,35)23(36,37)38/h2-15H2,1H3. The predicted molar refractivity (Wildman–Crippen MR) is 112 cm³/mol. The minimum Gasteiger partial charge on any atom is -0.461 e. The highest BCUT2D eigenvalue weighted by Crippen LogP contribution is 2.62. The third-order valence-electron chi connectivity index (χ3n) is 6.07. The number of halogens is 15. The Kier molecular flexibility index (Phi) is 14.0. The van der Waals surface area contributed by atoms with Crippen LogP contribution in [0.15, 0.2) is 0 Å². The number of hydrogen-bond acceptors (Lipinski definition) is 2. The number of rotatable bonds is 20. The fraction of sp³-hybridized carbons (Fsp3) is 0.957. The van der Waals surface area contributed by atoms with Crippen LogP contribution in [0.3, 0.4) is 0 Å². The minimum absolute atomic E-state index is 0.166. The Morgan fingerprint density at radius 1 is 0.450 bits per heavy atom. The lowest BCUT2D eigenvalue weighted by molar-refractivity contribution is -0.450. The van der Waals surface area contributed by atoms with Crippen LogP contribution >= 0.6 is 0 Å². The van der Waals surface area contributed by atoms with Gasteiger partial charge in [0, 0.05) is 0 Å². The largest absolute Gasteiger partial charge is 0.461 e. The molecule has 0 atom stereocenters. The van der Waals surface area contributed by atoms with Crippen molar-refractivity contribution in [1.82, 2.24) is 0 Å². The van der Waals surface area contributed by atoms with E-state index in [1.165, 1.54) is 6.42 Å². The fourth-order valence-electron chi connectivity index (χ4n) is 3.47. The Labute approximate surface area is 221 Å². The molecule has 17 heteroatoms. The molecule has 0 aromatic rings. The summed E-state index contributed by atoms with van der Waals surface area (Å²) in [5.74, 6) is -51.6. The molecule has 0 aromatic heterocycles. The Hall–Kier alpha value is -1.58. The summed E-state index contributed by atoms with van der Waals surface area (Å²) in [6.45, 7) is 0.976. The molecule has 0 saturated carbocycles. The van der Waals surface area contributed by atoms with Crippen LogP contribution in [0.5, 0.6) is 0 Å². The zero-order valence-corrected chi connectivity index (χ0v) is 21.4. The van der Waals surface area contributed by atoms with E-state index in [1.807, 2.05) is 0 Å². The third kappa shape index (κ3) is 8.25. The number of alkyl halides is 15. The van der Waals surface area contributed by atoms with Crippen molar-refractivity contribution >= 4 is 5.97 Å². The predicted octanol–water partition coefficient (Wildman–Crippen LogP) is 9.99. The molecule has 2 nitrogen and oxygen atoms in total. The van der Waals surface area contributed by atoms with Crippen LogP contribution in [0, 0.1) is 0 Å². The Balaban J connectivity index is 4.94. The molecule has 0 aliphatic heterocycles. The van der Waals surface area contributed by atoms with Crippen LogP contribution in [-0.4, -0.2) is 54.3 Å². The first-order chi connectivity index (χ1) is 18.0. The first-order valence-electron chi connectivity index (χ1n) is 12.5. The molecule has 0 unspecified atom stereocenters. The molecule has 0 rings (SSSR count). The molecule has 0 amide bonds. The van der Waals surface area contributed by atoms with Gasteiger partial charge in [0.2, 0.25) is 0 Å². The van der Waals surface area contributed by atoms with E-state index in [1.54, 1.807) is 0 Å². The van der Waals surface area contributed by atoms with Crippen molar-refractivity contribution in [2.45, 2.75) is 132 Å². The van der Waals surface area contributed by atoms with Gasteiger partial charge in [-0.3, -0.25) is 0 Å². The van der Waals surface area contributed by atoms with Crippen molar-refractivity contribution in [3.8, 4) is 0 Å². The maximum absolute atomic E-state index is 13.7. The molecule has 0 spiro atoms. The van der Waals surface area contributed by atoms with Crippen molar-refractivity contribution in [2.24, 2.45) is 0 Å². The normalized spacial score (nSPS) is 14.5. The summed E-state index contributed by atoms with van der Waals surface area (Å²) in [5, 5.41) is 0. The maximum Gasteiger partial charge on any atom is 0.460 e. The van der Waals surface area contributed by atoms with Gasteiger partial charge in [0.05, 0.1) is 6.61 Å². The molecule has 240 valence electrons. The van der Waals surface area contributed by atoms with E-state index in [2.05, 4.69) is 11.7 Å². The highest BCUT2D eigenvalue weighted by atomic mass is 19.4. The Morgan fingerprint density at radius 3 is 1.10 bits per heavy atom. The van der Waals surface area contributed by atoms with Crippen molar-refractivity contribution in [3.63, 3.8) is 0 Å². The number of unbranched alkanes of at least 4 members (excludes halogenated alkanes) is 12. The second-order valence-corrected chi connectivity index (χ2v) is 9.32. The van der Waals surface area contributed by atoms with Gasteiger partial charge >= 0.3 is 47.7 Å². The lowest BCUT2D eigenvalue weighted by Gasteiger charge is -2.40. The summed E-state index contributed by atoms with van der Waals surface area (Å²) >= 11 is 0. The van der Waals surface area contributed by atoms with Gasteiger partial charge in [0.1, 0.15) is 0 Å². The molecule has 0 bridgehead atoms. The van der Waals surface area contributed by atoms with E-state index in [4.69, 9.17) is 0 Å². The van der Waals surface area contributed by atoms with Crippen molar-refractivity contribution < 1.29 is 75.4 Å². The summed E-state index contributed by atoms with van der Waals surface area (Å²) in [4.78, 5) is 11.3. The van der Waals surface area contributed by atoms with E-state index >= 15 is 0 Å². The van der Waals surface area contributed by atoms with Gasteiger partial charge in [-0.2, -0.15) is 65.9 Å². The van der Waals surface area contributed by atoms with E-state index < -0.39 is 54.3 Å². The third-order valence-corrected chi connectivity index (χ3v) is 6.07. The average Bonchev–Trinajstić information content (AvgIpc) is 2.82. The summed E-state index contributed by atoms with van der Waals surface area (Å²) < 4.78 is 201. The first kappa shape index (κ1) is 38.4. The fourth-order valence-corrected chi connectivity index (χ4v) is 3.47. The molecule has 0 fully saturated rings. The molecular formula is C23H31F15O2. The topological polar surface area (TPSA) is 26.3 Å². The highest BCUT2D eigenvalue weighted by molar-refractivity contribution is 5.79. The molecule has 0 radical (unpaired) electrons. The Bertz CT molecular complexity index is 764. The van der Waals surface area contributed by atoms with E-state index in [0.717, 1.165) is 51.4 Å². The van der Waals surface area contributed by atoms with Crippen LogP contribution in [-0.2, 0) is 9.53 Å². The molecule has 0 saturated heterocycles. The number of hydrogen-bond donors (Lipinski definition) is 0. The molecule has 0 N–H and O–H groups in total. The number of carbonyl (C=O) groups excluding carboxylic acids is 1. The zero-order chi connectivity index (χ0) is 31.7. The minimum atomic E-state index is -8.43. The second-order valence-electron chi connectivity index (χ2n) is 9.32. The maximum atomic E-state index is 13.7. The number of ether oxygens (including phenoxy) is 1. The molecular weight excluding hydrogens is 593 g/mol. The molecule has 0 heterocycles. The molecule has 0 aliphatic rings. The van der Waals surface area contributed by atoms with Crippen molar-refractivity contribution in [1.29, 1.82) is 0 Å². The Morgan fingerprint density at radius 2 is 0.750 bits per heavy atom. The van der Waals surface area contributed by atoms with E-state index in [-0.39, 0.29) is 12.8 Å². The summed E-state index contributed by atoms with van der Waals surface area (Å²) in [7, 11) is 0. The smallest absolute Gasteiger partial charge is 0.460 e. The van der Waals surface area contributed by atoms with Crippen LogP contribution in [0.25, 0.3) is 0 Å². The lowest BCUT2D eigenvalue weighted by Crippen LogP contribution is -2.73. The number of esters is 1.